The first-order valence-electron chi connectivity index (χ1n) is 8.20. The van der Waals surface area contributed by atoms with Crippen LogP contribution in [0.1, 0.15) is 39.7 Å². The maximum atomic E-state index is 11.6. The van der Waals surface area contributed by atoms with Crippen molar-refractivity contribution in [2.45, 2.75) is 59.7 Å². The molecule has 1 rings (SSSR count). The molecule has 1 aromatic carbocycles. The fourth-order valence-electron chi connectivity index (χ4n) is 2.42. The van der Waals surface area contributed by atoms with E-state index in [1.165, 1.54) is 5.56 Å². The molecule has 4 heteroatoms. The summed E-state index contributed by atoms with van der Waals surface area (Å²) in [6.07, 6.45) is 2.62. The van der Waals surface area contributed by atoms with Crippen LogP contribution in [-0.2, 0) is 15.7 Å². The standard InChI is InChI=1S/C18H31NO2Si/c1-15(2)18(3,4)13-17(19(14-20)21-22(5)6)12-16-10-8-7-9-11-16/h7-11,14-15,17,22H,12-13H2,1-6H3/t17-/m1/s1. The van der Waals surface area contributed by atoms with Crippen molar-refractivity contribution in [1.29, 1.82) is 0 Å². The summed E-state index contributed by atoms with van der Waals surface area (Å²) in [5, 5.41) is 1.58. The summed E-state index contributed by atoms with van der Waals surface area (Å²) >= 11 is 0. The second-order valence-electron chi connectivity index (χ2n) is 7.31. The minimum absolute atomic E-state index is 0.0761. The number of carbonyl (C=O) groups is 1. The molecule has 0 aliphatic heterocycles. The van der Waals surface area contributed by atoms with E-state index < -0.39 is 9.04 Å². The molecular formula is C18H31NO2Si. The van der Waals surface area contributed by atoms with E-state index >= 15 is 0 Å². The van der Waals surface area contributed by atoms with E-state index in [9.17, 15) is 4.79 Å². The number of carbonyl (C=O) groups excluding carboxylic acids is 1. The molecule has 0 aliphatic carbocycles. The number of hydroxylamine groups is 2. The second-order valence-corrected chi connectivity index (χ2v) is 9.62. The zero-order valence-corrected chi connectivity index (χ0v) is 16.0. The van der Waals surface area contributed by atoms with Gasteiger partial charge in [-0.05, 0) is 42.8 Å². The molecule has 0 N–H and O–H groups in total. The highest BCUT2D eigenvalue weighted by molar-refractivity contribution is 6.48. The van der Waals surface area contributed by atoms with Crippen molar-refractivity contribution in [3.8, 4) is 0 Å². The van der Waals surface area contributed by atoms with Crippen molar-refractivity contribution in [2.24, 2.45) is 11.3 Å². The van der Waals surface area contributed by atoms with Crippen molar-refractivity contribution >= 4 is 15.5 Å². The molecule has 0 bridgehead atoms. The normalized spacial score (nSPS) is 13.5. The average molecular weight is 322 g/mol. The van der Waals surface area contributed by atoms with Gasteiger partial charge in [-0.3, -0.25) is 4.79 Å². The van der Waals surface area contributed by atoms with Crippen LogP contribution in [0.2, 0.25) is 13.1 Å². The molecule has 0 fully saturated rings. The van der Waals surface area contributed by atoms with Gasteiger partial charge in [0.1, 0.15) is 0 Å². The Bertz CT molecular complexity index is 446. The zero-order valence-electron chi connectivity index (χ0n) is 14.9. The Labute approximate surface area is 137 Å². The molecule has 0 aliphatic rings. The number of rotatable bonds is 9. The monoisotopic (exact) mass is 321 g/mol. The minimum atomic E-state index is -1.31. The molecule has 1 amide bonds. The van der Waals surface area contributed by atoms with Crippen molar-refractivity contribution in [3.05, 3.63) is 35.9 Å². The van der Waals surface area contributed by atoms with Crippen LogP contribution in [0, 0.1) is 11.3 Å². The average Bonchev–Trinajstić information content (AvgIpc) is 2.44. The highest BCUT2D eigenvalue weighted by Gasteiger charge is 2.30. The lowest BCUT2D eigenvalue weighted by molar-refractivity contribution is -0.154. The minimum Gasteiger partial charge on any atom is -0.321 e. The Kier molecular flexibility index (Phi) is 7.30. The number of amides is 1. The lowest BCUT2D eigenvalue weighted by Crippen LogP contribution is -2.42. The topological polar surface area (TPSA) is 29.5 Å². The van der Waals surface area contributed by atoms with Gasteiger partial charge in [0.05, 0.1) is 6.04 Å². The van der Waals surface area contributed by atoms with Crippen molar-refractivity contribution in [2.75, 3.05) is 0 Å². The fraction of sp³-hybridized carbons (Fsp3) is 0.611. The van der Waals surface area contributed by atoms with Gasteiger partial charge in [0.25, 0.3) is 0 Å². The summed E-state index contributed by atoms with van der Waals surface area (Å²) in [6.45, 7) is 13.2. The summed E-state index contributed by atoms with van der Waals surface area (Å²) in [6, 6.07) is 10.4. The Morgan fingerprint density at radius 2 is 1.82 bits per heavy atom. The van der Waals surface area contributed by atoms with E-state index in [0.29, 0.717) is 5.92 Å². The molecular weight excluding hydrogens is 290 g/mol. The number of nitrogens with zero attached hydrogens (tertiary/aromatic N) is 1. The van der Waals surface area contributed by atoms with Crippen LogP contribution in [0.4, 0.5) is 0 Å². The summed E-state index contributed by atoms with van der Waals surface area (Å²) in [5.41, 5.74) is 1.40. The van der Waals surface area contributed by atoms with Crippen molar-refractivity contribution < 1.29 is 9.32 Å². The van der Waals surface area contributed by atoms with Gasteiger partial charge in [-0.15, -0.1) is 0 Å². The van der Waals surface area contributed by atoms with Gasteiger partial charge in [0.15, 0.2) is 0 Å². The first kappa shape index (κ1) is 18.9. The van der Waals surface area contributed by atoms with Gasteiger partial charge < -0.3 is 4.53 Å². The predicted molar refractivity (Wildman–Crippen MR) is 95.0 cm³/mol. The van der Waals surface area contributed by atoms with Crippen LogP contribution in [0.15, 0.2) is 30.3 Å². The molecule has 1 aromatic rings. The van der Waals surface area contributed by atoms with Gasteiger partial charge in [-0.25, -0.2) is 5.06 Å². The van der Waals surface area contributed by atoms with E-state index in [1.54, 1.807) is 5.06 Å². The molecule has 0 heterocycles. The van der Waals surface area contributed by atoms with E-state index in [1.807, 2.05) is 18.2 Å². The Morgan fingerprint density at radius 1 is 1.23 bits per heavy atom. The quantitative estimate of drug-likeness (QED) is 0.390. The molecule has 22 heavy (non-hydrogen) atoms. The molecule has 0 unspecified atom stereocenters. The number of hydrogen-bond donors (Lipinski definition) is 0. The number of hydrogen-bond acceptors (Lipinski definition) is 2. The smallest absolute Gasteiger partial charge is 0.232 e. The predicted octanol–water partition coefficient (Wildman–Crippen LogP) is 4.04. The van der Waals surface area contributed by atoms with Gasteiger partial charge in [0.2, 0.25) is 15.5 Å². The van der Waals surface area contributed by atoms with Gasteiger partial charge in [0, 0.05) is 0 Å². The molecule has 3 nitrogen and oxygen atoms in total. The SMILES string of the molecule is CC(C)C(C)(C)C[C@@H](Cc1ccccc1)N(C=O)O[SiH](C)C. The van der Waals surface area contributed by atoms with E-state index in [0.717, 1.165) is 19.3 Å². The van der Waals surface area contributed by atoms with Gasteiger partial charge in [-0.1, -0.05) is 58.0 Å². The highest BCUT2D eigenvalue weighted by atomic mass is 28.3. The highest BCUT2D eigenvalue weighted by Crippen LogP contribution is 2.33. The van der Waals surface area contributed by atoms with Crippen LogP contribution in [0.5, 0.6) is 0 Å². The molecule has 124 valence electrons. The van der Waals surface area contributed by atoms with Crippen molar-refractivity contribution in [3.63, 3.8) is 0 Å². The van der Waals surface area contributed by atoms with Crippen LogP contribution in [-0.4, -0.2) is 26.6 Å². The third-order valence-corrected chi connectivity index (χ3v) is 5.10. The van der Waals surface area contributed by atoms with Gasteiger partial charge in [-0.2, -0.15) is 0 Å². The van der Waals surface area contributed by atoms with Crippen LogP contribution < -0.4 is 0 Å². The third kappa shape index (κ3) is 5.93. The fourth-order valence-corrected chi connectivity index (χ4v) is 3.13. The molecule has 0 aromatic heterocycles. The summed E-state index contributed by atoms with van der Waals surface area (Å²) in [7, 11) is -1.31. The summed E-state index contributed by atoms with van der Waals surface area (Å²) in [5.74, 6) is 0.551. The molecule has 0 saturated carbocycles. The molecule has 0 radical (unpaired) electrons. The molecule has 0 spiro atoms. The van der Waals surface area contributed by atoms with Crippen LogP contribution in [0.25, 0.3) is 0 Å². The largest absolute Gasteiger partial charge is 0.321 e. The molecule has 1 atom stereocenters. The molecule has 0 saturated heterocycles. The van der Waals surface area contributed by atoms with E-state index in [-0.39, 0.29) is 11.5 Å². The van der Waals surface area contributed by atoms with E-state index in [4.69, 9.17) is 4.53 Å². The first-order valence-corrected chi connectivity index (χ1v) is 11.0. The van der Waals surface area contributed by atoms with Crippen LogP contribution >= 0.6 is 0 Å². The Hall–Kier alpha value is -1.13. The summed E-state index contributed by atoms with van der Waals surface area (Å²) < 4.78 is 5.86. The maximum absolute atomic E-state index is 11.6. The first-order chi connectivity index (χ1) is 10.3. The number of benzene rings is 1. The Balaban J connectivity index is 2.95. The van der Waals surface area contributed by atoms with Gasteiger partial charge >= 0.3 is 0 Å². The zero-order chi connectivity index (χ0) is 16.8. The van der Waals surface area contributed by atoms with Crippen molar-refractivity contribution in [1.82, 2.24) is 5.06 Å². The lowest BCUT2D eigenvalue weighted by Gasteiger charge is -2.37. The lowest BCUT2D eigenvalue weighted by atomic mass is 9.75. The van der Waals surface area contributed by atoms with E-state index in [2.05, 4.69) is 52.9 Å². The van der Waals surface area contributed by atoms with Crippen LogP contribution in [0.3, 0.4) is 0 Å². The third-order valence-electron chi connectivity index (χ3n) is 4.44. The second kappa shape index (κ2) is 8.49. The Morgan fingerprint density at radius 3 is 2.27 bits per heavy atom. The summed E-state index contributed by atoms with van der Waals surface area (Å²) in [4.78, 5) is 11.6. The maximum Gasteiger partial charge on any atom is 0.232 e.